The van der Waals surface area contributed by atoms with Crippen molar-refractivity contribution in [1.82, 2.24) is 0 Å². The lowest BCUT2D eigenvalue weighted by Crippen LogP contribution is -2.07. The average molecular weight is 308 g/mol. The van der Waals surface area contributed by atoms with Gasteiger partial charge in [-0.3, -0.25) is 4.79 Å². The van der Waals surface area contributed by atoms with Crippen LogP contribution in [0.2, 0.25) is 0 Å². The van der Waals surface area contributed by atoms with Crippen molar-refractivity contribution < 1.29 is 13.9 Å². The molecule has 0 aromatic heterocycles. The minimum Gasteiger partial charge on any atom is -0.466 e. The fraction of sp³-hybridized carbons (Fsp3) is 0.300. The predicted molar refractivity (Wildman–Crippen MR) is 59.5 cm³/mol. The van der Waals surface area contributed by atoms with Crippen molar-refractivity contribution in [1.29, 1.82) is 0 Å². The van der Waals surface area contributed by atoms with Crippen molar-refractivity contribution in [3.8, 4) is 0 Å². The van der Waals surface area contributed by atoms with E-state index in [1.54, 1.807) is 19.1 Å². The zero-order valence-electron chi connectivity index (χ0n) is 7.72. The van der Waals surface area contributed by atoms with E-state index in [-0.39, 0.29) is 18.2 Å². The Hall–Kier alpha value is -0.650. The van der Waals surface area contributed by atoms with E-state index in [9.17, 15) is 9.18 Å². The second-order valence-electron chi connectivity index (χ2n) is 2.73. The highest BCUT2D eigenvalue weighted by atomic mass is 127. The van der Waals surface area contributed by atoms with Gasteiger partial charge in [0.1, 0.15) is 5.82 Å². The summed E-state index contributed by atoms with van der Waals surface area (Å²) in [6.45, 7) is 2.10. The first kappa shape index (κ1) is 11.4. The highest BCUT2D eigenvalue weighted by molar-refractivity contribution is 14.1. The molecule has 0 amide bonds. The Balaban J connectivity index is 2.68. The van der Waals surface area contributed by atoms with Crippen molar-refractivity contribution >= 4 is 28.6 Å². The Bertz CT molecular complexity index is 339. The van der Waals surface area contributed by atoms with Crippen molar-refractivity contribution in [3.63, 3.8) is 0 Å². The summed E-state index contributed by atoms with van der Waals surface area (Å²) in [7, 11) is 0. The Morgan fingerprint density at radius 1 is 1.57 bits per heavy atom. The largest absolute Gasteiger partial charge is 0.466 e. The van der Waals surface area contributed by atoms with Crippen LogP contribution in [-0.2, 0) is 16.0 Å². The SMILES string of the molecule is CCOC(=O)Cc1ccc(I)c(F)c1. The summed E-state index contributed by atoms with van der Waals surface area (Å²) in [4.78, 5) is 11.1. The number of carbonyl (C=O) groups is 1. The molecular formula is C10H10FIO2. The molecular weight excluding hydrogens is 298 g/mol. The highest BCUT2D eigenvalue weighted by Gasteiger charge is 2.06. The van der Waals surface area contributed by atoms with Crippen LogP contribution in [0.25, 0.3) is 0 Å². The van der Waals surface area contributed by atoms with Gasteiger partial charge in [0.2, 0.25) is 0 Å². The minimum atomic E-state index is -0.326. The molecule has 0 aliphatic carbocycles. The standard InChI is InChI=1S/C10H10FIO2/c1-2-14-10(13)6-7-3-4-9(12)8(11)5-7/h3-5H,2,6H2,1H3. The Morgan fingerprint density at radius 3 is 2.86 bits per heavy atom. The summed E-state index contributed by atoms with van der Waals surface area (Å²) >= 11 is 1.90. The molecule has 0 saturated heterocycles. The van der Waals surface area contributed by atoms with Crippen LogP contribution < -0.4 is 0 Å². The quantitative estimate of drug-likeness (QED) is 0.633. The number of hydrogen-bond acceptors (Lipinski definition) is 2. The summed E-state index contributed by atoms with van der Waals surface area (Å²) < 4.78 is 18.4. The summed E-state index contributed by atoms with van der Waals surface area (Å²) in [6.07, 6.45) is 0.127. The first-order valence-electron chi connectivity index (χ1n) is 4.23. The summed E-state index contributed by atoms with van der Waals surface area (Å²) in [5.74, 6) is -0.625. The molecule has 4 heteroatoms. The van der Waals surface area contributed by atoms with E-state index in [0.29, 0.717) is 15.7 Å². The van der Waals surface area contributed by atoms with E-state index in [1.807, 2.05) is 22.6 Å². The summed E-state index contributed by atoms with van der Waals surface area (Å²) in [6, 6.07) is 4.73. The van der Waals surface area contributed by atoms with Gasteiger partial charge in [0.25, 0.3) is 0 Å². The third-order valence-corrected chi connectivity index (χ3v) is 2.51. The van der Waals surface area contributed by atoms with Gasteiger partial charge in [0, 0.05) is 3.57 Å². The van der Waals surface area contributed by atoms with Crippen LogP contribution in [0.1, 0.15) is 12.5 Å². The molecule has 0 radical (unpaired) electrons. The molecule has 0 spiro atoms. The van der Waals surface area contributed by atoms with E-state index in [2.05, 4.69) is 0 Å². The van der Waals surface area contributed by atoms with Gasteiger partial charge in [-0.2, -0.15) is 0 Å². The lowest BCUT2D eigenvalue weighted by Gasteiger charge is -2.02. The van der Waals surface area contributed by atoms with Crippen LogP contribution >= 0.6 is 22.6 Å². The third-order valence-electron chi connectivity index (χ3n) is 1.64. The van der Waals surface area contributed by atoms with Gasteiger partial charge in [0.15, 0.2) is 0 Å². The number of ether oxygens (including phenoxy) is 1. The van der Waals surface area contributed by atoms with Gasteiger partial charge < -0.3 is 4.74 Å². The lowest BCUT2D eigenvalue weighted by molar-refractivity contribution is -0.142. The zero-order chi connectivity index (χ0) is 10.6. The molecule has 0 N–H and O–H groups in total. The van der Waals surface area contributed by atoms with E-state index in [4.69, 9.17) is 4.74 Å². The number of benzene rings is 1. The minimum absolute atomic E-state index is 0.127. The fourth-order valence-corrected chi connectivity index (χ4v) is 1.36. The van der Waals surface area contributed by atoms with Crippen LogP contribution in [0, 0.1) is 9.39 Å². The molecule has 0 aliphatic rings. The van der Waals surface area contributed by atoms with Gasteiger partial charge in [-0.25, -0.2) is 4.39 Å². The van der Waals surface area contributed by atoms with Gasteiger partial charge in [-0.05, 0) is 47.2 Å². The van der Waals surface area contributed by atoms with Crippen LogP contribution in [0.3, 0.4) is 0 Å². The Kier molecular flexibility index (Phi) is 4.31. The van der Waals surface area contributed by atoms with Crippen LogP contribution in [0.4, 0.5) is 4.39 Å². The molecule has 0 unspecified atom stereocenters. The molecule has 1 rings (SSSR count). The van der Waals surface area contributed by atoms with Gasteiger partial charge in [-0.15, -0.1) is 0 Å². The van der Waals surface area contributed by atoms with E-state index < -0.39 is 0 Å². The summed E-state index contributed by atoms with van der Waals surface area (Å²) in [5, 5.41) is 0. The monoisotopic (exact) mass is 308 g/mol. The lowest BCUT2D eigenvalue weighted by atomic mass is 10.1. The average Bonchev–Trinajstić information content (AvgIpc) is 2.12. The maximum atomic E-state index is 13.1. The smallest absolute Gasteiger partial charge is 0.310 e. The zero-order valence-corrected chi connectivity index (χ0v) is 9.88. The number of hydrogen-bond donors (Lipinski definition) is 0. The molecule has 2 nitrogen and oxygen atoms in total. The van der Waals surface area contributed by atoms with Crippen molar-refractivity contribution in [2.24, 2.45) is 0 Å². The first-order valence-corrected chi connectivity index (χ1v) is 5.31. The van der Waals surface area contributed by atoms with E-state index >= 15 is 0 Å². The molecule has 76 valence electrons. The number of rotatable bonds is 3. The van der Waals surface area contributed by atoms with Gasteiger partial charge in [-0.1, -0.05) is 6.07 Å². The fourth-order valence-electron chi connectivity index (χ4n) is 1.03. The van der Waals surface area contributed by atoms with Crippen LogP contribution in [0.15, 0.2) is 18.2 Å². The third kappa shape index (κ3) is 3.25. The van der Waals surface area contributed by atoms with Crippen molar-refractivity contribution in [2.75, 3.05) is 6.61 Å². The Morgan fingerprint density at radius 2 is 2.29 bits per heavy atom. The van der Waals surface area contributed by atoms with Crippen LogP contribution in [-0.4, -0.2) is 12.6 Å². The molecule has 1 aromatic carbocycles. The van der Waals surface area contributed by atoms with Gasteiger partial charge in [0.05, 0.1) is 13.0 Å². The normalized spacial score (nSPS) is 9.93. The molecule has 14 heavy (non-hydrogen) atoms. The molecule has 0 fully saturated rings. The highest BCUT2D eigenvalue weighted by Crippen LogP contribution is 2.13. The van der Waals surface area contributed by atoms with Crippen molar-refractivity contribution in [3.05, 3.63) is 33.1 Å². The number of halogens is 2. The maximum absolute atomic E-state index is 13.1. The van der Waals surface area contributed by atoms with Crippen LogP contribution in [0.5, 0.6) is 0 Å². The molecule has 0 aliphatic heterocycles. The molecule has 0 heterocycles. The number of carbonyl (C=O) groups excluding carboxylic acids is 1. The molecule has 0 bridgehead atoms. The van der Waals surface area contributed by atoms with Crippen molar-refractivity contribution in [2.45, 2.75) is 13.3 Å². The second-order valence-corrected chi connectivity index (χ2v) is 3.89. The van der Waals surface area contributed by atoms with E-state index in [0.717, 1.165) is 0 Å². The molecule has 1 aromatic rings. The maximum Gasteiger partial charge on any atom is 0.310 e. The second kappa shape index (κ2) is 5.29. The predicted octanol–water partition coefficient (Wildman–Crippen LogP) is 2.54. The molecule has 0 saturated carbocycles. The Labute approximate surface area is 95.6 Å². The summed E-state index contributed by atoms with van der Waals surface area (Å²) in [5.41, 5.74) is 0.640. The molecule has 0 atom stereocenters. The van der Waals surface area contributed by atoms with Gasteiger partial charge >= 0.3 is 5.97 Å². The number of esters is 1. The first-order chi connectivity index (χ1) is 6.63. The topological polar surface area (TPSA) is 26.3 Å². The van der Waals surface area contributed by atoms with E-state index in [1.165, 1.54) is 6.07 Å².